The molecule has 0 radical (unpaired) electrons. The second-order valence-electron chi connectivity index (χ2n) is 8.36. The van der Waals surface area contributed by atoms with Crippen molar-refractivity contribution in [2.75, 3.05) is 26.2 Å². The number of halogens is 1. The van der Waals surface area contributed by atoms with Gasteiger partial charge in [0.15, 0.2) is 0 Å². The van der Waals surface area contributed by atoms with Crippen molar-refractivity contribution in [1.29, 1.82) is 0 Å². The standard InChI is InChI=1S/C23H30ClN5O4/c1-15(2)29-19(8-10-26-29)23(32)28-11-5-4-9-25-22(31)18-12-17(24)6-7-20(18)33-14-16(3)27-21(30)13-28/h6-8,10,12,15-16H,4-5,9,11,13-14H2,1-3H3,(H,25,31)(H,27,30)/t16-/m1/s1. The van der Waals surface area contributed by atoms with Crippen LogP contribution in [0.2, 0.25) is 5.02 Å². The molecule has 0 aliphatic carbocycles. The minimum Gasteiger partial charge on any atom is -0.491 e. The lowest BCUT2D eigenvalue weighted by molar-refractivity contribution is -0.122. The fourth-order valence-corrected chi connectivity index (χ4v) is 3.76. The first-order valence-corrected chi connectivity index (χ1v) is 11.5. The molecule has 1 aromatic heterocycles. The normalized spacial score (nSPS) is 18.5. The molecule has 0 saturated carbocycles. The highest BCUT2D eigenvalue weighted by Crippen LogP contribution is 2.23. The van der Waals surface area contributed by atoms with Crippen LogP contribution in [0.1, 0.15) is 60.5 Å². The van der Waals surface area contributed by atoms with E-state index in [9.17, 15) is 14.4 Å². The van der Waals surface area contributed by atoms with E-state index in [0.29, 0.717) is 48.0 Å². The van der Waals surface area contributed by atoms with E-state index in [1.807, 2.05) is 13.8 Å². The van der Waals surface area contributed by atoms with Crippen molar-refractivity contribution in [2.45, 2.75) is 45.7 Å². The fourth-order valence-electron chi connectivity index (χ4n) is 3.59. The lowest BCUT2D eigenvalue weighted by atomic mass is 10.1. The van der Waals surface area contributed by atoms with Gasteiger partial charge in [-0.3, -0.25) is 19.1 Å². The highest BCUT2D eigenvalue weighted by Gasteiger charge is 2.24. The van der Waals surface area contributed by atoms with Crippen LogP contribution in [0.3, 0.4) is 0 Å². The molecule has 0 saturated heterocycles. The van der Waals surface area contributed by atoms with Gasteiger partial charge in [-0.1, -0.05) is 11.6 Å². The molecule has 2 N–H and O–H groups in total. The minimum atomic E-state index is -0.340. The Morgan fingerprint density at radius 3 is 2.79 bits per heavy atom. The number of amides is 3. The summed E-state index contributed by atoms with van der Waals surface area (Å²) >= 11 is 6.07. The van der Waals surface area contributed by atoms with E-state index in [-0.39, 0.29) is 43.0 Å². The van der Waals surface area contributed by atoms with Gasteiger partial charge in [-0.05, 0) is 57.9 Å². The first kappa shape index (κ1) is 24.6. The molecule has 1 aliphatic rings. The number of nitrogens with one attached hydrogen (secondary N) is 2. The van der Waals surface area contributed by atoms with Gasteiger partial charge in [0.05, 0.1) is 18.2 Å². The van der Waals surface area contributed by atoms with Crippen LogP contribution in [0, 0.1) is 0 Å². The number of hydrogen-bond acceptors (Lipinski definition) is 5. The molecule has 0 spiro atoms. The van der Waals surface area contributed by atoms with Crippen LogP contribution in [0.4, 0.5) is 0 Å². The summed E-state index contributed by atoms with van der Waals surface area (Å²) in [4.78, 5) is 40.1. The highest BCUT2D eigenvalue weighted by molar-refractivity contribution is 6.31. The molecule has 10 heteroatoms. The lowest BCUT2D eigenvalue weighted by Gasteiger charge is -2.24. The van der Waals surface area contributed by atoms with Crippen LogP contribution < -0.4 is 15.4 Å². The van der Waals surface area contributed by atoms with Crippen LogP contribution in [0.25, 0.3) is 0 Å². The van der Waals surface area contributed by atoms with Gasteiger partial charge >= 0.3 is 0 Å². The average Bonchev–Trinajstić information content (AvgIpc) is 3.26. The van der Waals surface area contributed by atoms with Crippen molar-refractivity contribution in [3.8, 4) is 5.75 Å². The first-order chi connectivity index (χ1) is 15.8. The Bertz CT molecular complexity index is 1010. The van der Waals surface area contributed by atoms with Gasteiger partial charge in [0, 0.05) is 30.4 Å². The number of hydrogen-bond donors (Lipinski definition) is 2. The number of aromatic nitrogens is 2. The quantitative estimate of drug-likeness (QED) is 0.694. The summed E-state index contributed by atoms with van der Waals surface area (Å²) in [7, 11) is 0. The monoisotopic (exact) mass is 475 g/mol. The zero-order valence-electron chi connectivity index (χ0n) is 19.1. The Hall–Kier alpha value is -3.07. The maximum Gasteiger partial charge on any atom is 0.272 e. The molecule has 3 rings (SSSR count). The predicted octanol–water partition coefficient (Wildman–Crippen LogP) is 2.67. The zero-order chi connectivity index (χ0) is 24.0. The zero-order valence-corrected chi connectivity index (χ0v) is 19.9. The molecular weight excluding hydrogens is 446 g/mol. The maximum atomic E-state index is 13.2. The summed E-state index contributed by atoms with van der Waals surface area (Å²) < 4.78 is 7.45. The van der Waals surface area contributed by atoms with E-state index in [0.717, 1.165) is 0 Å². The van der Waals surface area contributed by atoms with Crippen molar-refractivity contribution in [2.24, 2.45) is 0 Å². The van der Waals surface area contributed by atoms with Gasteiger partial charge in [0.1, 0.15) is 18.1 Å². The molecule has 2 heterocycles. The van der Waals surface area contributed by atoms with E-state index in [1.165, 1.54) is 4.90 Å². The first-order valence-electron chi connectivity index (χ1n) is 11.1. The molecule has 1 aliphatic heterocycles. The average molecular weight is 476 g/mol. The maximum absolute atomic E-state index is 13.2. The van der Waals surface area contributed by atoms with E-state index < -0.39 is 0 Å². The summed E-state index contributed by atoms with van der Waals surface area (Å²) in [6, 6.07) is 6.19. The Morgan fingerprint density at radius 2 is 2.03 bits per heavy atom. The number of benzene rings is 1. The van der Waals surface area contributed by atoms with E-state index in [2.05, 4.69) is 15.7 Å². The van der Waals surface area contributed by atoms with Crippen molar-refractivity contribution in [1.82, 2.24) is 25.3 Å². The summed E-state index contributed by atoms with van der Waals surface area (Å²) in [6.07, 6.45) is 2.83. The van der Waals surface area contributed by atoms with Crippen LogP contribution in [0.15, 0.2) is 30.5 Å². The highest BCUT2D eigenvalue weighted by atomic mass is 35.5. The van der Waals surface area contributed by atoms with Crippen LogP contribution in [-0.4, -0.2) is 64.7 Å². The Kier molecular flexibility index (Phi) is 8.32. The summed E-state index contributed by atoms with van der Waals surface area (Å²) in [5.41, 5.74) is 0.780. The third kappa shape index (κ3) is 6.47. The van der Waals surface area contributed by atoms with Crippen LogP contribution >= 0.6 is 11.6 Å². The number of ether oxygens (including phenoxy) is 1. The fraction of sp³-hybridized carbons (Fsp3) is 0.478. The number of rotatable bonds is 2. The summed E-state index contributed by atoms with van der Waals surface area (Å²) in [5.74, 6) is -0.425. The van der Waals surface area contributed by atoms with Crippen molar-refractivity contribution in [3.05, 3.63) is 46.7 Å². The third-order valence-electron chi connectivity index (χ3n) is 5.22. The van der Waals surface area contributed by atoms with Gasteiger partial charge in [-0.25, -0.2) is 0 Å². The molecule has 178 valence electrons. The summed E-state index contributed by atoms with van der Waals surface area (Å²) in [5, 5.41) is 10.4. The van der Waals surface area contributed by atoms with Crippen molar-refractivity contribution < 1.29 is 19.1 Å². The van der Waals surface area contributed by atoms with E-state index in [1.54, 1.807) is 42.1 Å². The minimum absolute atomic E-state index is 0.0127. The van der Waals surface area contributed by atoms with Crippen LogP contribution in [-0.2, 0) is 4.79 Å². The lowest BCUT2D eigenvalue weighted by Crippen LogP contribution is -2.45. The Morgan fingerprint density at radius 1 is 1.24 bits per heavy atom. The second-order valence-corrected chi connectivity index (χ2v) is 8.80. The largest absolute Gasteiger partial charge is 0.491 e. The summed E-state index contributed by atoms with van der Waals surface area (Å²) in [6.45, 7) is 6.55. The third-order valence-corrected chi connectivity index (χ3v) is 5.46. The number of nitrogens with zero attached hydrogens (tertiary/aromatic N) is 3. The number of carbonyl (C=O) groups excluding carboxylic acids is 3. The van der Waals surface area contributed by atoms with Gasteiger partial charge in [-0.2, -0.15) is 5.10 Å². The molecule has 2 aromatic rings. The predicted molar refractivity (Wildman–Crippen MR) is 125 cm³/mol. The SMILES string of the molecule is CC(C)n1nccc1C(=O)N1CCCCNC(=O)c2cc(Cl)ccc2OC[C@@H](C)NC(=O)C1. The molecule has 1 atom stereocenters. The van der Waals surface area contributed by atoms with Crippen LogP contribution in [0.5, 0.6) is 5.75 Å². The topological polar surface area (TPSA) is 106 Å². The van der Waals surface area contributed by atoms with Gasteiger partial charge in [-0.15, -0.1) is 0 Å². The van der Waals surface area contributed by atoms with E-state index >= 15 is 0 Å². The van der Waals surface area contributed by atoms with Gasteiger partial charge in [0.25, 0.3) is 11.8 Å². The van der Waals surface area contributed by atoms with Crippen molar-refractivity contribution in [3.63, 3.8) is 0 Å². The van der Waals surface area contributed by atoms with Gasteiger partial charge < -0.3 is 20.3 Å². The second kappa shape index (κ2) is 11.2. The molecule has 33 heavy (non-hydrogen) atoms. The molecule has 9 nitrogen and oxygen atoms in total. The van der Waals surface area contributed by atoms with Crippen molar-refractivity contribution >= 4 is 29.3 Å². The molecular formula is C23H30ClN5O4. The Labute approximate surface area is 198 Å². The molecule has 0 fully saturated rings. The van der Waals surface area contributed by atoms with E-state index in [4.69, 9.17) is 16.3 Å². The van der Waals surface area contributed by atoms with Gasteiger partial charge in [0.2, 0.25) is 5.91 Å². The molecule has 0 unspecified atom stereocenters. The number of carbonyl (C=O) groups is 3. The molecule has 1 aromatic carbocycles. The number of fused-ring (bicyclic) bond motifs is 1. The molecule has 3 amide bonds. The Balaban J connectivity index is 1.77. The smallest absolute Gasteiger partial charge is 0.272 e. The molecule has 0 bridgehead atoms.